The SMILES string of the molecule is [Co+2].[N-]=C=O.[N-]=C=O.[N-]=C=O.[N-]=C=O.[Ni+2]. The number of nitrogens with zero attached hydrogens (tertiary/aromatic N) is 4. The molecular weight excluding hydrogens is 286 g/mol. The van der Waals surface area contributed by atoms with Gasteiger partial charge in [0.2, 0.25) is 0 Å². The van der Waals surface area contributed by atoms with Gasteiger partial charge in [-0.2, -0.15) is 0 Å². The first kappa shape index (κ1) is 39.1. The molecule has 0 saturated heterocycles. The molecule has 0 unspecified atom stereocenters. The molecule has 0 aliphatic heterocycles. The predicted octanol–water partition coefficient (Wildman–Crippen LogP) is -0.439. The molecule has 0 spiro atoms. The second-order valence-corrected chi connectivity index (χ2v) is 0.365. The fourth-order valence-corrected chi connectivity index (χ4v) is 0. The van der Waals surface area contributed by atoms with Crippen LogP contribution in [0.15, 0.2) is 0 Å². The summed E-state index contributed by atoms with van der Waals surface area (Å²) in [4.78, 5) is 32.9. The zero-order valence-corrected chi connectivity index (χ0v) is 8.10. The summed E-state index contributed by atoms with van der Waals surface area (Å²) in [5.74, 6) is 0. The van der Waals surface area contributed by atoms with Gasteiger partial charge in [0.05, 0.1) is 0 Å². The van der Waals surface area contributed by atoms with E-state index in [1.807, 2.05) is 0 Å². The van der Waals surface area contributed by atoms with Crippen molar-refractivity contribution >= 4 is 24.3 Å². The Labute approximate surface area is 98.6 Å². The quantitative estimate of drug-likeness (QED) is 0.335. The van der Waals surface area contributed by atoms with E-state index >= 15 is 0 Å². The van der Waals surface area contributed by atoms with E-state index in [9.17, 15) is 0 Å². The van der Waals surface area contributed by atoms with Crippen molar-refractivity contribution in [1.29, 1.82) is 0 Å². The van der Waals surface area contributed by atoms with Crippen LogP contribution in [0.5, 0.6) is 0 Å². The summed E-state index contributed by atoms with van der Waals surface area (Å²) in [5.41, 5.74) is 0. The van der Waals surface area contributed by atoms with Crippen molar-refractivity contribution in [3.8, 4) is 0 Å². The van der Waals surface area contributed by atoms with Crippen LogP contribution in [0.25, 0.3) is 21.6 Å². The van der Waals surface area contributed by atoms with Gasteiger partial charge in [-0.3, -0.25) is 19.2 Å². The minimum absolute atomic E-state index is 0. The summed E-state index contributed by atoms with van der Waals surface area (Å²) >= 11 is 0. The monoisotopic (exact) mass is 285 g/mol. The molecule has 0 aliphatic rings. The Balaban J connectivity index is -0.0000000145. The Morgan fingerprint density at radius 3 is 0.571 bits per heavy atom. The Bertz CT molecular complexity index is 161. The number of hydrogen-bond acceptors (Lipinski definition) is 4. The van der Waals surface area contributed by atoms with E-state index in [-0.39, 0.29) is 33.3 Å². The molecule has 0 bridgehead atoms. The van der Waals surface area contributed by atoms with Crippen molar-refractivity contribution in [2.24, 2.45) is 0 Å². The topological polar surface area (TPSA) is 157 Å². The molecule has 0 heterocycles. The molecule has 0 atom stereocenters. The van der Waals surface area contributed by atoms with Gasteiger partial charge < -0.3 is 21.6 Å². The van der Waals surface area contributed by atoms with Crippen LogP contribution in [0, 0.1) is 0 Å². The van der Waals surface area contributed by atoms with Crippen LogP contribution in [-0.2, 0) is 52.4 Å². The molecule has 0 rings (SSSR count). The molecule has 0 aliphatic carbocycles. The molecule has 0 fully saturated rings. The second kappa shape index (κ2) is 201. The Kier molecular flexibility index (Phi) is 560. The summed E-state index contributed by atoms with van der Waals surface area (Å²) in [6.45, 7) is 0. The van der Waals surface area contributed by atoms with Crippen molar-refractivity contribution in [2.45, 2.75) is 0 Å². The molecule has 8 nitrogen and oxygen atoms in total. The van der Waals surface area contributed by atoms with Crippen LogP contribution in [0.3, 0.4) is 0 Å². The first-order chi connectivity index (χ1) is 5.66. The van der Waals surface area contributed by atoms with Crippen molar-refractivity contribution in [3.05, 3.63) is 21.6 Å². The Morgan fingerprint density at radius 1 is 0.571 bits per heavy atom. The summed E-state index contributed by atoms with van der Waals surface area (Å²) in [6, 6.07) is 0. The third kappa shape index (κ3) is 435. The van der Waals surface area contributed by atoms with Crippen molar-refractivity contribution < 1.29 is 52.4 Å². The molecule has 1 radical (unpaired) electrons. The summed E-state index contributed by atoms with van der Waals surface area (Å²) in [6.07, 6.45) is 2.00. The molecule has 10 heteroatoms. The molecule has 0 aromatic carbocycles. The van der Waals surface area contributed by atoms with Crippen molar-refractivity contribution in [1.82, 2.24) is 0 Å². The Morgan fingerprint density at radius 2 is 0.571 bits per heavy atom. The fraction of sp³-hybridized carbons (Fsp3) is 0. The maximum absolute atomic E-state index is 8.24. The van der Waals surface area contributed by atoms with Gasteiger partial charge in [0.25, 0.3) is 0 Å². The van der Waals surface area contributed by atoms with E-state index < -0.39 is 0 Å². The van der Waals surface area contributed by atoms with Gasteiger partial charge >= 0.3 is 33.3 Å². The molecule has 0 N–H and O–H groups in total. The molecular formula is C4CoN4NiO4. The summed E-state index contributed by atoms with van der Waals surface area (Å²) < 4.78 is 0. The van der Waals surface area contributed by atoms with Crippen LogP contribution in [0.4, 0.5) is 0 Å². The molecule has 0 amide bonds. The zero-order valence-electron chi connectivity index (χ0n) is 6.07. The first-order valence-corrected chi connectivity index (χ1v) is 1.71. The number of hydrogen-bond donors (Lipinski definition) is 0. The normalized spacial score (nSPS) is 2.29. The smallest absolute Gasteiger partial charge is 0.724 e. The maximum atomic E-state index is 8.24. The molecule has 0 saturated carbocycles. The van der Waals surface area contributed by atoms with Crippen LogP contribution < -0.4 is 0 Å². The maximum Gasteiger partial charge on any atom is 2.00 e. The molecule has 0 aromatic rings. The van der Waals surface area contributed by atoms with Gasteiger partial charge in [0, 0.05) is 0 Å². The van der Waals surface area contributed by atoms with Gasteiger partial charge in [0.15, 0.2) is 0 Å². The van der Waals surface area contributed by atoms with E-state index in [2.05, 4.69) is 0 Å². The average molecular weight is 286 g/mol. The first-order valence-electron chi connectivity index (χ1n) is 1.71. The van der Waals surface area contributed by atoms with Gasteiger partial charge in [-0.25, -0.2) is 0 Å². The third-order valence-electron chi connectivity index (χ3n) is 0. The van der Waals surface area contributed by atoms with E-state index in [4.69, 9.17) is 40.8 Å². The Hall–Kier alpha value is -1.48. The second-order valence-electron chi connectivity index (χ2n) is 0.365. The third-order valence-corrected chi connectivity index (χ3v) is 0. The van der Waals surface area contributed by atoms with E-state index in [0.29, 0.717) is 24.3 Å². The zero-order chi connectivity index (χ0) is 10.8. The van der Waals surface area contributed by atoms with Gasteiger partial charge in [0.1, 0.15) is 0 Å². The average Bonchev–Trinajstić information content (AvgIpc) is 1.92. The van der Waals surface area contributed by atoms with Crippen molar-refractivity contribution in [2.75, 3.05) is 0 Å². The van der Waals surface area contributed by atoms with Crippen LogP contribution in [0.1, 0.15) is 0 Å². The van der Waals surface area contributed by atoms with E-state index in [0.717, 1.165) is 0 Å². The van der Waals surface area contributed by atoms with Crippen LogP contribution in [-0.4, -0.2) is 24.3 Å². The van der Waals surface area contributed by atoms with Crippen LogP contribution in [0.2, 0.25) is 0 Å². The number of rotatable bonds is 0. The number of isocyanates is 4. The van der Waals surface area contributed by atoms with Gasteiger partial charge in [-0.05, 0) is 24.3 Å². The number of carbonyl (C=O) groups excluding carboxylic acids is 4. The molecule has 0 aromatic heterocycles. The summed E-state index contributed by atoms with van der Waals surface area (Å²) in [5, 5.41) is 27.1. The van der Waals surface area contributed by atoms with Gasteiger partial charge in [-0.15, -0.1) is 0 Å². The fourth-order valence-electron chi connectivity index (χ4n) is 0. The molecule has 79 valence electrons. The largest absolute Gasteiger partial charge is 2.00 e. The minimum Gasteiger partial charge on any atom is -0.724 e. The summed E-state index contributed by atoms with van der Waals surface area (Å²) in [7, 11) is 0. The standard InChI is InChI=1S/4CNO.Co.Ni/c4*2-1-3;;/q4*-1;2*+2. The van der Waals surface area contributed by atoms with Gasteiger partial charge in [-0.1, -0.05) is 0 Å². The van der Waals surface area contributed by atoms with E-state index in [1.165, 1.54) is 0 Å². The minimum atomic E-state index is 0. The molecule has 14 heavy (non-hydrogen) atoms. The van der Waals surface area contributed by atoms with E-state index in [1.54, 1.807) is 0 Å². The van der Waals surface area contributed by atoms with Crippen LogP contribution >= 0.6 is 0 Å². The predicted molar refractivity (Wildman–Crippen MR) is 36.2 cm³/mol. The van der Waals surface area contributed by atoms with Crippen molar-refractivity contribution in [3.63, 3.8) is 0 Å².